The predicted molar refractivity (Wildman–Crippen MR) is 72.0 cm³/mol. The molecular weight excluding hydrogens is 280 g/mol. The Balaban J connectivity index is 2.47. The van der Waals surface area contributed by atoms with E-state index in [2.05, 4.69) is 11.8 Å². The highest BCUT2D eigenvalue weighted by atomic mass is 35.6. The van der Waals surface area contributed by atoms with Gasteiger partial charge in [0.15, 0.2) is 6.61 Å². The van der Waals surface area contributed by atoms with Gasteiger partial charge in [0, 0.05) is 5.56 Å². The molecule has 5 heteroatoms. The summed E-state index contributed by atoms with van der Waals surface area (Å²) in [6.07, 6.45) is 0. The first-order valence-electron chi connectivity index (χ1n) is 4.73. The Bertz CT molecular complexity index is 451. The molecule has 0 amide bonds. The quantitative estimate of drug-likeness (QED) is 0.364. The van der Waals surface area contributed by atoms with Gasteiger partial charge in [0.2, 0.25) is 5.90 Å². The summed E-state index contributed by atoms with van der Waals surface area (Å²) in [5.41, 5.74) is 2.05. The minimum Gasteiger partial charge on any atom is -0.465 e. The van der Waals surface area contributed by atoms with Crippen molar-refractivity contribution < 1.29 is 4.74 Å². The maximum Gasteiger partial charge on any atom is 0.265 e. The first kappa shape index (κ1) is 14.2. The van der Waals surface area contributed by atoms with Crippen molar-refractivity contribution in [3.8, 4) is 11.8 Å². The average Bonchev–Trinajstić information content (AvgIpc) is 2.25. The second-order valence-corrected chi connectivity index (χ2v) is 5.56. The van der Waals surface area contributed by atoms with Gasteiger partial charge < -0.3 is 4.74 Å². The van der Waals surface area contributed by atoms with Crippen LogP contribution < -0.4 is 0 Å². The topological polar surface area (TPSA) is 33.1 Å². The molecule has 0 radical (unpaired) electrons. The van der Waals surface area contributed by atoms with Crippen molar-refractivity contribution >= 4 is 40.7 Å². The summed E-state index contributed by atoms with van der Waals surface area (Å²) < 4.78 is 3.04. The van der Waals surface area contributed by atoms with E-state index < -0.39 is 9.69 Å². The lowest BCUT2D eigenvalue weighted by Gasteiger charge is -2.10. The van der Waals surface area contributed by atoms with Gasteiger partial charge in [-0.1, -0.05) is 64.3 Å². The Morgan fingerprint density at radius 3 is 2.41 bits per heavy atom. The van der Waals surface area contributed by atoms with Crippen molar-refractivity contribution in [1.29, 1.82) is 5.41 Å². The van der Waals surface area contributed by atoms with E-state index in [0.717, 1.165) is 5.56 Å². The van der Waals surface area contributed by atoms with Crippen LogP contribution in [0.4, 0.5) is 0 Å². The molecule has 0 saturated heterocycles. The Labute approximate surface area is 115 Å². The fourth-order valence-electron chi connectivity index (χ4n) is 0.965. The molecule has 0 aliphatic rings. The summed E-state index contributed by atoms with van der Waals surface area (Å²) in [4.78, 5) is 0. The van der Waals surface area contributed by atoms with E-state index in [1.807, 2.05) is 31.2 Å². The summed E-state index contributed by atoms with van der Waals surface area (Å²) in [5, 5.41) is 7.27. The van der Waals surface area contributed by atoms with Gasteiger partial charge in [-0.2, -0.15) is 0 Å². The lowest BCUT2D eigenvalue weighted by Crippen LogP contribution is -2.21. The van der Waals surface area contributed by atoms with Crippen LogP contribution in [-0.4, -0.2) is 16.3 Å². The summed E-state index contributed by atoms with van der Waals surface area (Å²) >= 11 is 16.3. The smallest absolute Gasteiger partial charge is 0.265 e. The van der Waals surface area contributed by atoms with E-state index in [1.165, 1.54) is 5.56 Å². The molecular formula is C12H10Cl3NO. The molecule has 1 rings (SSSR count). The third-order valence-electron chi connectivity index (χ3n) is 1.83. The zero-order valence-corrected chi connectivity index (χ0v) is 11.3. The first-order valence-corrected chi connectivity index (χ1v) is 5.87. The molecule has 0 aliphatic heterocycles. The Morgan fingerprint density at radius 2 is 1.88 bits per heavy atom. The van der Waals surface area contributed by atoms with E-state index in [4.69, 9.17) is 44.9 Å². The second kappa shape index (κ2) is 6.16. The first-order chi connectivity index (χ1) is 7.89. The minimum absolute atomic E-state index is 0.0145. The molecule has 0 unspecified atom stereocenters. The van der Waals surface area contributed by atoms with Gasteiger partial charge in [-0.05, 0) is 19.1 Å². The number of alkyl halides is 3. The molecule has 0 atom stereocenters. The molecule has 1 N–H and O–H groups in total. The number of rotatable bonds is 1. The highest BCUT2D eigenvalue weighted by Crippen LogP contribution is 2.27. The van der Waals surface area contributed by atoms with Gasteiger partial charge >= 0.3 is 0 Å². The van der Waals surface area contributed by atoms with E-state index in [9.17, 15) is 0 Å². The number of nitrogens with one attached hydrogen (secondary N) is 1. The number of aryl methyl sites for hydroxylation is 1. The van der Waals surface area contributed by atoms with Crippen LogP contribution in [0, 0.1) is 24.2 Å². The fourth-order valence-corrected chi connectivity index (χ4v) is 1.13. The van der Waals surface area contributed by atoms with Crippen molar-refractivity contribution in [3.63, 3.8) is 0 Å². The summed E-state index contributed by atoms with van der Waals surface area (Å²) in [6.45, 7) is 2.02. The summed E-state index contributed by atoms with van der Waals surface area (Å²) in [5.74, 6) is 5.18. The standard InChI is InChI=1S/C12H10Cl3NO/c1-9-4-6-10(7-5-9)3-2-8-17-11(16)12(13,14)15/h4-7,16H,8H2,1H3. The van der Waals surface area contributed by atoms with Gasteiger partial charge in [-0.25, -0.2) is 0 Å². The maximum atomic E-state index is 7.27. The lowest BCUT2D eigenvalue weighted by molar-refractivity contribution is 0.347. The molecule has 1 aromatic carbocycles. The highest BCUT2D eigenvalue weighted by Gasteiger charge is 2.28. The lowest BCUT2D eigenvalue weighted by atomic mass is 10.2. The molecule has 0 spiro atoms. The monoisotopic (exact) mass is 289 g/mol. The third kappa shape index (κ3) is 5.32. The van der Waals surface area contributed by atoms with E-state index in [1.54, 1.807) is 0 Å². The third-order valence-corrected chi connectivity index (χ3v) is 2.35. The molecule has 0 heterocycles. The van der Waals surface area contributed by atoms with Gasteiger partial charge in [-0.15, -0.1) is 0 Å². The second-order valence-electron chi connectivity index (χ2n) is 3.28. The van der Waals surface area contributed by atoms with Crippen molar-refractivity contribution in [2.75, 3.05) is 6.61 Å². The van der Waals surface area contributed by atoms with Gasteiger partial charge in [0.1, 0.15) is 0 Å². The molecule has 1 aromatic rings. The SMILES string of the molecule is Cc1ccc(C#CCOC(=N)C(Cl)(Cl)Cl)cc1. The Kier molecular flexibility index (Phi) is 5.14. The Hall–Kier alpha value is -0.880. The fraction of sp³-hybridized carbons (Fsp3) is 0.250. The van der Waals surface area contributed by atoms with Crippen molar-refractivity contribution in [1.82, 2.24) is 0 Å². The minimum atomic E-state index is -1.83. The van der Waals surface area contributed by atoms with E-state index >= 15 is 0 Å². The Morgan fingerprint density at radius 1 is 1.29 bits per heavy atom. The number of benzene rings is 1. The maximum absolute atomic E-state index is 7.27. The average molecular weight is 291 g/mol. The van der Waals surface area contributed by atoms with Crippen LogP contribution in [0.3, 0.4) is 0 Å². The van der Waals surface area contributed by atoms with Gasteiger partial charge in [-0.3, -0.25) is 5.41 Å². The molecule has 0 aliphatic carbocycles. The van der Waals surface area contributed by atoms with Crippen LogP contribution in [0.15, 0.2) is 24.3 Å². The van der Waals surface area contributed by atoms with Gasteiger partial charge in [0.25, 0.3) is 3.79 Å². The molecule has 0 aromatic heterocycles. The molecule has 0 fully saturated rings. The van der Waals surface area contributed by atoms with Crippen LogP contribution in [0.5, 0.6) is 0 Å². The summed E-state index contributed by atoms with van der Waals surface area (Å²) in [6, 6.07) is 7.74. The normalized spacial score (nSPS) is 10.4. The van der Waals surface area contributed by atoms with Crippen LogP contribution >= 0.6 is 34.8 Å². The molecule has 0 saturated carbocycles. The van der Waals surface area contributed by atoms with Crippen LogP contribution in [0.2, 0.25) is 0 Å². The zero-order valence-electron chi connectivity index (χ0n) is 9.06. The van der Waals surface area contributed by atoms with Crippen molar-refractivity contribution in [2.45, 2.75) is 10.7 Å². The van der Waals surface area contributed by atoms with Crippen molar-refractivity contribution in [2.24, 2.45) is 0 Å². The van der Waals surface area contributed by atoms with Crippen LogP contribution in [-0.2, 0) is 4.74 Å². The van der Waals surface area contributed by atoms with Crippen molar-refractivity contribution in [3.05, 3.63) is 35.4 Å². The van der Waals surface area contributed by atoms with E-state index in [0.29, 0.717) is 0 Å². The number of hydrogen-bond acceptors (Lipinski definition) is 2. The molecule has 0 bridgehead atoms. The van der Waals surface area contributed by atoms with Gasteiger partial charge in [0.05, 0.1) is 0 Å². The van der Waals surface area contributed by atoms with E-state index in [-0.39, 0.29) is 6.61 Å². The number of hydrogen-bond donors (Lipinski definition) is 1. The highest BCUT2D eigenvalue weighted by molar-refractivity contribution is 6.76. The van der Waals surface area contributed by atoms with Crippen LogP contribution in [0.25, 0.3) is 0 Å². The van der Waals surface area contributed by atoms with Crippen LogP contribution in [0.1, 0.15) is 11.1 Å². The molecule has 90 valence electrons. The zero-order chi connectivity index (χ0) is 12.9. The largest absolute Gasteiger partial charge is 0.465 e. The number of halogens is 3. The molecule has 2 nitrogen and oxygen atoms in total. The summed E-state index contributed by atoms with van der Waals surface area (Å²) in [7, 11) is 0. The number of ether oxygens (including phenoxy) is 1. The molecule has 17 heavy (non-hydrogen) atoms. The predicted octanol–water partition coefficient (Wildman–Crippen LogP) is 3.71.